The Kier molecular flexibility index (Phi) is 9.93. The predicted molar refractivity (Wildman–Crippen MR) is 114 cm³/mol. The van der Waals surface area contributed by atoms with Crippen LogP contribution in [0.2, 0.25) is 0 Å². The third kappa shape index (κ3) is 8.13. The number of ether oxygens (including phenoxy) is 2. The molecule has 0 fully saturated rings. The van der Waals surface area contributed by atoms with E-state index in [4.69, 9.17) is 21.1 Å². The van der Waals surface area contributed by atoms with Gasteiger partial charge in [-0.2, -0.15) is 0 Å². The minimum atomic E-state index is -0.145. The zero-order valence-electron chi connectivity index (χ0n) is 15.9. The summed E-state index contributed by atoms with van der Waals surface area (Å²) in [6.45, 7) is 6.35. The molecule has 0 amide bonds. The number of rotatable bonds is 13. The molecule has 2 nitrogen and oxygen atoms in total. The summed E-state index contributed by atoms with van der Waals surface area (Å²) in [4.78, 5) is 0. The maximum Gasteiger partial charge on any atom is 0.0717 e. The van der Waals surface area contributed by atoms with Crippen LogP contribution in [0.4, 0.5) is 0 Å². The highest BCUT2D eigenvalue weighted by Gasteiger charge is 2.28. The van der Waals surface area contributed by atoms with E-state index >= 15 is 0 Å². The van der Waals surface area contributed by atoms with Crippen LogP contribution in [-0.4, -0.2) is 19.1 Å². The molecule has 27 heavy (non-hydrogen) atoms. The summed E-state index contributed by atoms with van der Waals surface area (Å²) in [6, 6.07) is 20.5. The minimum absolute atomic E-state index is 0.145. The van der Waals surface area contributed by atoms with Gasteiger partial charge in [0.1, 0.15) is 0 Å². The molecule has 0 spiro atoms. The maximum atomic E-state index is 6.08. The molecule has 0 saturated carbocycles. The van der Waals surface area contributed by atoms with Gasteiger partial charge in [0.05, 0.1) is 26.4 Å². The molecule has 0 aliphatic heterocycles. The van der Waals surface area contributed by atoms with Crippen LogP contribution in [0.1, 0.15) is 24.0 Å². The van der Waals surface area contributed by atoms with Crippen molar-refractivity contribution >= 4 is 11.6 Å². The van der Waals surface area contributed by atoms with E-state index in [2.05, 4.69) is 36.9 Å². The van der Waals surface area contributed by atoms with Gasteiger partial charge in [-0.05, 0) is 24.0 Å². The lowest BCUT2D eigenvalue weighted by Gasteiger charge is -2.31. The Balaban J connectivity index is 1.97. The summed E-state index contributed by atoms with van der Waals surface area (Å²) in [7, 11) is 0. The number of hydrogen-bond donors (Lipinski definition) is 0. The molecule has 0 aliphatic rings. The third-order valence-corrected chi connectivity index (χ3v) is 4.60. The lowest BCUT2D eigenvalue weighted by atomic mass is 9.82. The van der Waals surface area contributed by atoms with Crippen molar-refractivity contribution in [3.05, 3.63) is 96.6 Å². The van der Waals surface area contributed by atoms with E-state index in [0.717, 1.165) is 12.8 Å². The van der Waals surface area contributed by atoms with Crippen LogP contribution in [0.3, 0.4) is 0 Å². The molecule has 144 valence electrons. The van der Waals surface area contributed by atoms with E-state index in [1.54, 1.807) is 0 Å². The number of benzene rings is 2. The largest absolute Gasteiger partial charge is 0.376 e. The van der Waals surface area contributed by atoms with Crippen LogP contribution >= 0.6 is 11.6 Å². The molecular formula is C24H29ClO2. The standard InChI is InChI=1S/C24H29ClO2/c1-2-15-24(16-9-10-17-25,20-26-18-22-11-5-3-6-12-22)21-27-19-23-13-7-4-8-14-23/h2-14H,1,15-21H2/b10-9+. The molecular weight excluding hydrogens is 356 g/mol. The number of alkyl halides is 1. The quantitative estimate of drug-likeness (QED) is 0.304. The minimum Gasteiger partial charge on any atom is -0.376 e. The number of allylic oxidation sites excluding steroid dienone is 3. The Morgan fingerprint density at radius 1 is 0.778 bits per heavy atom. The molecule has 0 N–H and O–H groups in total. The molecule has 0 aromatic heterocycles. The Morgan fingerprint density at radius 3 is 1.74 bits per heavy atom. The molecule has 0 atom stereocenters. The average Bonchev–Trinajstić information content (AvgIpc) is 2.70. The van der Waals surface area contributed by atoms with E-state index in [1.165, 1.54) is 11.1 Å². The van der Waals surface area contributed by atoms with E-state index in [-0.39, 0.29) is 5.41 Å². The highest BCUT2D eigenvalue weighted by molar-refractivity contribution is 6.18. The van der Waals surface area contributed by atoms with Gasteiger partial charge in [0, 0.05) is 11.3 Å². The molecule has 0 aliphatic carbocycles. The van der Waals surface area contributed by atoms with Crippen molar-refractivity contribution in [3.63, 3.8) is 0 Å². The Bertz CT molecular complexity index is 622. The van der Waals surface area contributed by atoms with Crippen molar-refractivity contribution in [2.45, 2.75) is 26.1 Å². The Morgan fingerprint density at radius 2 is 1.30 bits per heavy atom. The lowest BCUT2D eigenvalue weighted by Crippen LogP contribution is -2.31. The summed E-state index contributed by atoms with van der Waals surface area (Å²) in [5, 5.41) is 0. The van der Waals surface area contributed by atoms with Gasteiger partial charge in [-0.25, -0.2) is 0 Å². The van der Waals surface area contributed by atoms with Gasteiger partial charge in [0.15, 0.2) is 0 Å². The van der Waals surface area contributed by atoms with Gasteiger partial charge in [0.2, 0.25) is 0 Å². The van der Waals surface area contributed by atoms with Crippen LogP contribution in [0, 0.1) is 5.41 Å². The van der Waals surface area contributed by atoms with E-state index < -0.39 is 0 Å². The fourth-order valence-corrected chi connectivity index (χ4v) is 3.11. The predicted octanol–water partition coefficient (Wildman–Crippen LogP) is 6.17. The van der Waals surface area contributed by atoms with Crippen LogP contribution in [0.25, 0.3) is 0 Å². The van der Waals surface area contributed by atoms with Crippen molar-refractivity contribution in [1.82, 2.24) is 0 Å². The molecule has 3 heteroatoms. The van der Waals surface area contributed by atoms with Gasteiger partial charge >= 0.3 is 0 Å². The van der Waals surface area contributed by atoms with E-state index in [9.17, 15) is 0 Å². The molecule has 2 rings (SSSR count). The van der Waals surface area contributed by atoms with Crippen molar-refractivity contribution in [3.8, 4) is 0 Å². The number of halogens is 1. The van der Waals surface area contributed by atoms with Crippen LogP contribution in [-0.2, 0) is 22.7 Å². The fourth-order valence-electron chi connectivity index (χ4n) is 2.98. The second kappa shape index (κ2) is 12.5. The second-order valence-corrected chi connectivity index (χ2v) is 7.09. The highest BCUT2D eigenvalue weighted by Crippen LogP contribution is 2.30. The SMILES string of the molecule is C=CCC(C/C=C/CCl)(COCc1ccccc1)COCc1ccccc1. The lowest BCUT2D eigenvalue weighted by molar-refractivity contribution is -0.0304. The summed E-state index contributed by atoms with van der Waals surface area (Å²) < 4.78 is 12.2. The Labute approximate surface area is 168 Å². The molecule has 0 radical (unpaired) electrons. The van der Waals surface area contributed by atoms with Gasteiger partial charge in [0.25, 0.3) is 0 Å². The molecule has 0 bridgehead atoms. The van der Waals surface area contributed by atoms with Gasteiger partial charge < -0.3 is 9.47 Å². The first-order chi connectivity index (χ1) is 13.3. The summed E-state index contributed by atoms with van der Waals surface area (Å²) in [5.74, 6) is 0.514. The topological polar surface area (TPSA) is 18.5 Å². The summed E-state index contributed by atoms with van der Waals surface area (Å²) in [6.07, 6.45) is 7.72. The van der Waals surface area contributed by atoms with Crippen LogP contribution < -0.4 is 0 Å². The van der Waals surface area contributed by atoms with Gasteiger partial charge in [-0.3, -0.25) is 0 Å². The van der Waals surface area contributed by atoms with Crippen molar-refractivity contribution < 1.29 is 9.47 Å². The zero-order chi connectivity index (χ0) is 19.2. The summed E-state index contributed by atoms with van der Waals surface area (Å²) in [5.41, 5.74) is 2.20. The smallest absolute Gasteiger partial charge is 0.0717 e. The summed E-state index contributed by atoms with van der Waals surface area (Å²) >= 11 is 5.81. The van der Waals surface area contributed by atoms with Gasteiger partial charge in [-0.1, -0.05) is 78.9 Å². The maximum absolute atomic E-state index is 6.08. The van der Waals surface area contributed by atoms with Crippen molar-refractivity contribution in [1.29, 1.82) is 0 Å². The first kappa shape index (κ1) is 21.4. The van der Waals surface area contributed by atoms with Gasteiger partial charge in [-0.15, -0.1) is 18.2 Å². The molecule has 0 saturated heterocycles. The first-order valence-electron chi connectivity index (χ1n) is 9.33. The normalized spacial score (nSPS) is 11.7. The second-order valence-electron chi connectivity index (χ2n) is 6.78. The zero-order valence-corrected chi connectivity index (χ0v) is 16.6. The van der Waals surface area contributed by atoms with Crippen LogP contribution in [0.15, 0.2) is 85.5 Å². The average molecular weight is 385 g/mol. The molecule has 0 heterocycles. The third-order valence-electron chi connectivity index (χ3n) is 4.42. The van der Waals surface area contributed by atoms with Crippen molar-refractivity contribution in [2.24, 2.45) is 5.41 Å². The van der Waals surface area contributed by atoms with E-state index in [1.807, 2.05) is 48.6 Å². The van der Waals surface area contributed by atoms with E-state index in [0.29, 0.717) is 32.3 Å². The fraction of sp³-hybridized carbons (Fsp3) is 0.333. The molecule has 0 unspecified atom stereocenters. The van der Waals surface area contributed by atoms with Crippen LogP contribution in [0.5, 0.6) is 0 Å². The highest BCUT2D eigenvalue weighted by atomic mass is 35.5. The number of hydrogen-bond acceptors (Lipinski definition) is 2. The monoisotopic (exact) mass is 384 g/mol. The molecule has 2 aromatic rings. The van der Waals surface area contributed by atoms with Crippen molar-refractivity contribution in [2.75, 3.05) is 19.1 Å². The first-order valence-corrected chi connectivity index (χ1v) is 9.87. The molecule has 2 aromatic carbocycles. The Hall–Kier alpha value is -1.87.